The molecule has 0 spiro atoms. The Kier molecular flexibility index (Phi) is 6.39. The highest BCUT2D eigenvalue weighted by Gasteiger charge is 2.06. The second-order valence-electron chi connectivity index (χ2n) is 3.57. The second-order valence-corrected chi connectivity index (χ2v) is 3.57. The van der Waals surface area contributed by atoms with Crippen molar-refractivity contribution in [3.63, 3.8) is 0 Å². The summed E-state index contributed by atoms with van der Waals surface area (Å²) < 4.78 is 15.4. The van der Waals surface area contributed by atoms with Gasteiger partial charge >= 0.3 is 0 Å². The van der Waals surface area contributed by atoms with Crippen LogP contribution >= 0.6 is 0 Å². The van der Waals surface area contributed by atoms with E-state index in [1.54, 1.807) is 19.2 Å². The maximum absolute atomic E-state index is 9.57. The van der Waals surface area contributed by atoms with Crippen LogP contribution in [0.25, 0.3) is 0 Å². The molecule has 0 fully saturated rings. The van der Waals surface area contributed by atoms with Crippen molar-refractivity contribution < 1.29 is 19.3 Å². The summed E-state index contributed by atoms with van der Waals surface area (Å²) in [5.41, 5.74) is 6.25. The van der Waals surface area contributed by atoms with Crippen molar-refractivity contribution in [2.75, 3.05) is 39.3 Å². The minimum atomic E-state index is -0.675. The van der Waals surface area contributed by atoms with E-state index in [4.69, 9.17) is 19.9 Å². The van der Waals surface area contributed by atoms with E-state index in [2.05, 4.69) is 0 Å². The number of benzene rings is 1. The molecule has 5 heteroatoms. The normalized spacial score (nSPS) is 12.4. The van der Waals surface area contributed by atoms with Gasteiger partial charge in [0.1, 0.15) is 18.5 Å². The van der Waals surface area contributed by atoms with Crippen LogP contribution in [-0.4, -0.2) is 44.7 Å². The zero-order valence-corrected chi connectivity index (χ0v) is 9.96. The van der Waals surface area contributed by atoms with Gasteiger partial charge in [-0.05, 0) is 12.1 Å². The largest absolute Gasteiger partial charge is 0.489 e. The third-order valence-electron chi connectivity index (χ3n) is 2.09. The summed E-state index contributed by atoms with van der Waals surface area (Å²) in [7, 11) is 1.60. The molecule has 0 saturated carbocycles. The Balaban J connectivity index is 2.19. The van der Waals surface area contributed by atoms with Crippen molar-refractivity contribution in [3.8, 4) is 5.75 Å². The molecule has 1 rings (SSSR count). The number of rotatable bonds is 8. The lowest BCUT2D eigenvalue weighted by Crippen LogP contribution is -2.24. The van der Waals surface area contributed by atoms with Gasteiger partial charge in [-0.2, -0.15) is 0 Å². The predicted molar refractivity (Wildman–Crippen MR) is 65.1 cm³/mol. The van der Waals surface area contributed by atoms with Crippen molar-refractivity contribution in [3.05, 3.63) is 24.3 Å². The van der Waals surface area contributed by atoms with Crippen LogP contribution in [-0.2, 0) is 9.47 Å². The first-order valence-corrected chi connectivity index (χ1v) is 5.46. The summed E-state index contributed by atoms with van der Waals surface area (Å²) >= 11 is 0. The third-order valence-corrected chi connectivity index (χ3v) is 2.09. The van der Waals surface area contributed by atoms with Crippen LogP contribution in [0.5, 0.6) is 5.75 Å². The Morgan fingerprint density at radius 1 is 1.24 bits per heavy atom. The molecule has 0 aliphatic carbocycles. The molecule has 1 aromatic rings. The number of hydrogen-bond acceptors (Lipinski definition) is 5. The maximum atomic E-state index is 9.57. The highest BCUT2D eigenvalue weighted by atomic mass is 16.5. The van der Waals surface area contributed by atoms with Gasteiger partial charge in [0.25, 0.3) is 0 Å². The van der Waals surface area contributed by atoms with Gasteiger partial charge in [-0.1, -0.05) is 12.1 Å². The fraction of sp³-hybridized carbons (Fsp3) is 0.500. The zero-order valence-electron chi connectivity index (χ0n) is 9.96. The van der Waals surface area contributed by atoms with E-state index < -0.39 is 6.10 Å². The number of hydrogen-bond donors (Lipinski definition) is 2. The molecule has 1 atom stereocenters. The maximum Gasteiger partial charge on any atom is 0.142 e. The van der Waals surface area contributed by atoms with Gasteiger partial charge in [-0.15, -0.1) is 0 Å². The van der Waals surface area contributed by atoms with Crippen molar-refractivity contribution in [1.82, 2.24) is 0 Å². The van der Waals surface area contributed by atoms with Gasteiger partial charge in [0.2, 0.25) is 0 Å². The minimum Gasteiger partial charge on any atom is -0.489 e. The minimum absolute atomic E-state index is 0.154. The molecule has 1 aromatic carbocycles. The molecule has 5 nitrogen and oxygen atoms in total. The summed E-state index contributed by atoms with van der Waals surface area (Å²) in [6.45, 7) is 1.34. The first-order valence-electron chi connectivity index (χ1n) is 5.46. The topological polar surface area (TPSA) is 73.9 Å². The number of ether oxygens (including phenoxy) is 3. The van der Waals surface area contributed by atoms with Gasteiger partial charge in [-0.3, -0.25) is 0 Å². The molecule has 96 valence electrons. The predicted octanol–water partition coefficient (Wildman–Crippen LogP) is 0.671. The summed E-state index contributed by atoms with van der Waals surface area (Å²) in [6.07, 6.45) is -0.675. The van der Waals surface area contributed by atoms with Crippen molar-refractivity contribution >= 4 is 5.69 Å². The van der Waals surface area contributed by atoms with Gasteiger partial charge in [0.15, 0.2) is 0 Å². The summed E-state index contributed by atoms with van der Waals surface area (Å²) in [5.74, 6) is 0.573. The molecular weight excluding hydrogens is 222 g/mol. The average Bonchev–Trinajstić information content (AvgIpc) is 2.34. The van der Waals surface area contributed by atoms with Gasteiger partial charge in [0.05, 0.1) is 25.5 Å². The molecule has 0 saturated heterocycles. The second kappa shape index (κ2) is 7.89. The van der Waals surface area contributed by atoms with Gasteiger partial charge < -0.3 is 25.1 Å². The number of nitrogens with two attached hydrogens (primary N) is 1. The molecule has 0 aliphatic heterocycles. The van der Waals surface area contributed by atoms with E-state index in [0.717, 1.165) is 0 Å². The molecule has 0 amide bonds. The number of aliphatic hydroxyl groups excluding tert-OH is 1. The summed E-state index contributed by atoms with van der Waals surface area (Å²) in [6, 6.07) is 7.16. The summed E-state index contributed by atoms with van der Waals surface area (Å²) in [5, 5.41) is 9.57. The van der Waals surface area contributed by atoms with E-state index in [-0.39, 0.29) is 13.2 Å². The van der Waals surface area contributed by atoms with Crippen LogP contribution in [0.3, 0.4) is 0 Å². The fourth-order valence-corrected chi connectivity index (χ4v) is 1.21. The Labute approximate surface area is 101 Å². The fourth-order valence-electron chi connectivity index (χ4n) is 1.21. The standard InChI is InChI=1S/C12H19NO4/c1-15-6-7-16-8-10(14)9-17-12-5-3-2-4-11(12)13/h2-5,10,14H,6-9,13H2,1H3. The number of nitrogen functional groups attached to an aromatic ring is 1. The lowest BCUT2D eigenvalue weighted by atomic mass is 10.3. The molecular formula is C12H19NO4. The van der Waals surface area contributed by atoms with Crippen LogP contribution in [0.4, 0.5) is 5.69 Å². The number of methoxy groups -OCH3 is 1. The molecule has 0 bridgehead atoms. The quantitative estimate of drug-likeness (QED) is 0.517. The van der Waals surface area contributed by atoms with Gasteiger partial charge in [-0.25, -0.2) is 0 Å². The van der Waals surface area contributed by atoms with Crippen LogP contribution in [0.2, 0.25) is 0 Å². The number of aliphatic hydroxyl groups is 1. The Bertz CT molecular complexity index is 319. The van der Waals surface area contributed by atoms with Crippen molar-refractivity contribution in [2.24, 2.45) is 0 Å². The number of para-hydroxylation sites is 2. The summed E-state index contributed by atoms with van der Waals surface area (Å²) in [4.78, 5) is 0. The van der Waals surface area contributed by atoms with E-state index in [0.29, 0.717) is 24.7 Å². The first kappa shape index (κ1) is 13.8. The van der Waals surface area contributed by atoms with E-state index >= 15 is 0 Å². The van der Waals surface area contributed by atoms with Crippen LogP contribution in [0.1, 0.15) is 0 Å². The zero-order chi connectivity index (χ0) is 12.5. The van der Waals surface area contributed by atoms with Gasteiger partial charge in [0, 0.05) is 7.11 Å². The number of anilines is 1. The molecule has 0 aromatic heterocycles. The lowest BCUT2D eigenvalue weighted by Gasteiger charge is -2.13. The molecule has 17 heavy (non-hydrogen) atoms. The molecule has 0 aliphatic rings. The highest BCUT2D eigenvalue weighted by molar-refractivity contribution is 5.51. The SMILES string of the molecule is COCCOCC(O)COc1ccccc1N. The molecule has 3 N–H and O–H groups in total. The third kappa shape index (κ3) is 5.53. The van der Waals surface area contributed by atoms with E-state index in [9.17, 15) is 5.11 Å². The monoisotopic (exact) mass is 241 g/mol. The Hall–Kier alpha value is -1.30. The van der Waals surface area contributed by atoms with Crippen molar-refractivity contribution in [1.29, 1.82) is 0 Å². The highest BCUT2D eigenvalue weighted by Crippen LogP contribution is 2.19. The van der Waals surface area contributed by atoms with Crippen LogP contribution in [0.15, 0.2) is 24.3 Å². The van der Waals surface area contributed by atoms with Crippen molar-refractivity contribution in [2.45, 2.75) is 6.10 Å². The van der Waals surface area contributed by atoms with E-state index in [1.165, 1.54) is 0 Å². The lowest BCUT2D eigenvalue weighted by molar-refractivity contribution is -0.00408. The Morgan fingerprint density at radius 2 is 2.00 bits per heavy atom. The van der Waals surface area contributed by atoms with Crippen LogP contribution < -0.4 is 10.5 Å². The molecule has 1 unspecified atom stereocenters. The first-order chi connectivity index (χ1) is 8.24. The average molecular weight is 241 g/mol. The smallest absolute Gasteiger partial charge is 0.142 e. The molecule has 0 heterocycles. The van der Waals surface area contributed by atoms with Crippen LogP contribution in [0, 0.1) is 0 Å². The molecule has 0 radical (unpaired) electrons. The van der Waals surface area contributed by atoms with E-state index in [1.807, 2.05) is 12.1 Å². The Morgan fingerprint density at radius 3 is 2.71 bits per heavy atom.